The van der Waals surface area contributed by atoms with Crippen molar-refractivity contribution in [1.82, 2.24) is 4.98 Å². The quantitative estimate of drug-likeness (QED) is 0.642. The van der Waals surface area contributed by atoms with E-state index in [1.807, 2.05) is 0 Å². The first-order valence-electron chi connectivity index (χ1n) is 5.44. The number of aromatic nitrogens is 1. The zero-order valence-electron chi connectivity index (χ0n) is 10.3. The van der Waals surface area contributed by atoms with Crippen molar-refractivity contribution in [3.05, 3.63) is 30.7 Å². The molecule has 0 bridgehead atoms. The number of nitrogens with one attached hydrogen (secondary N) is 1. The average molecular weight is 279 g/mol. The molecule has 0 saturated heterocycles. The minimum atomic E-state index is -0.188. The monoisotopic (exact) mass is 279 g/mol. The van der Waals surface area contributed by atoms with E-state index >= 15 is 0 Å². The minimum Gasteiger partial charge on any atom is -0.495 e. The average Bonchev–Trinajstić information content (AvgIpc) is 2.90. The molecule has 0 fully saturated rings. The fourth-order valence-electron chi connectivity index (χ4n) is 1.42. The van der Waals surface area contributed by atoms with E-state index in [1.165, 1.54) is 31.3 Å². The molecular formula is C12H13N3O3S. The van der Waals surface area contributed by atoms with Gasteiger partial charge in [0.1, 0.15) is 12.0 Å². The maximum atomic E-state index is 11.8. The molecule has 0 aliphatic carbocycles. The number of hydrogen-bond donors (Lipinski definition) is 2. The minimum absolute atomic E-state index is 0.188. The summed E-state index contributed by atoms with van der Waals surface area (Å²) in [6.45, 7) is 0. The largest absolute Gasteiger partial charge is 0.495 e. The van der Waals surface area contributed by atoms with Gasteiger partial charge in [-0.25, -0.2) is 4.98 Å². The topological polar surface area (TPSA) is 90.4 Å². The number of oxazole rings is 1. The number of nitrogens with two attached hydrogens (primary N) is 1. The van der Waals surface area contributed by atoms with Crippen molar-refractivity contribution < 1.29 is 13.9 Å². The Morgan fingerprint density at radius 1 is 1.58 bits per heavy atom. The van der Waals surface area contributed by atoms with E-state index in [1.54, 1.807) is 18.2 Å². The van der Waals surface area contributed by atoms with Crippen LogP contribution >= 0.6 is 11.8 Å². The van der Waals surface area contributed by atoms with Crippen molar-refractivity contribution >= 4 is 29.0 Å². The lowest BCUT2D eigenvalue weighted by atomic mass is 10.2. The Balaban J connectivity index is 1.96. The van der Waals surface area contributed by atoms with Gasteiger partial charge in [0.25, 0.3) is 5.22 Å². The number of carbonyl (C=O) groups excluding carboxylic acids is 1. The van der Waals surface area contributed by atoms with E-state index < -0.39 is 0 Å². The summed E-state index contributed by atoms with van der Waals surface area (Å²) in [7, 11) is 1.53. The predicted octanol–water partition coefficient (Wildman–Crippen LogP) is 2.00. The number of ether oxygens (including phenoxy) is 1. The summed E-state index contributed by atoms with van der Waals surface area (Å²) in [5.74, 6) is 0.564. The highest BCUT2D eigenvalue weighted by Gasteiger charge is 2.09. The van der Waals surface area contributed by atoms with Gasteiger partial charge in [-0.15, -0.1) is 0 Å². The summed E-state index contributed by atoms with van der Waals surface area (Å²) < 4.78 is 10.2. The highest BCUT2D eigenvalue weighted by atomic mass is 32.2. The number of carbonyl (C=O) groups is 1. The summed E-state index contributed by atoms with van der Waals surface area (Å²) in [6.07, 6.45) is 2.99. The lowest BCUT2D eigenvalue weighted by Crippen LogP contribution is -2.14. The summed E-state index contributed by atoms with van der Waals surface area (Å²) in [4.78, 5) is 15.7. The van der Waals surface area contributed by atoms with E-state index in [9.17, 15) is 4.79 Å². The van der Waals surface area contributed by atoms with E-state index in [0.29, 0.717) is 22.3 Å². The van der Waals surface area contributed by atoms with Crippen molar-refractivity contribution in [3.8, 4) is 5.75 Å². The number of nitrogens with zero attached hydrogens (tertiary/aromatic N) is 1. The Kier molecular flexibility index (Phi) is 4.30. The molecule has 1 amide bonds. The number of nitrogen functional groups attached to an aromatic ring is 1. The van der Waals surface area contributed by atoms with Gasteiger partial charge in [-0.05, 0) is 18.2 Å². The van der Waals surface area contributed by atoms with Gasteiger partial charge in [0.15, 0.2) is 0 Å². The van der Waals surface area contributed by atoms with E-state index in [0.717, 1.165) is 0 Å². The molecule has 7 heteroatoms. The van der Waals surface area contributed by atoms with Gasteiger partial charge in [0, 0.05) is 5.69 Å². The van der Waals surface area contributed by atoms with Crippen LogP contribution in [-0.4, -0.2) is 23.8 Å². The number of methoxy groups -OCH3 is 1. The van der Waals surface area contributed by atoms with Gasteiger partial charge in [0.05, 0.1) is 24.7 Å². The van der Waals surface area contributed by atoms with Gasteiger partial charge in [0.2, 0.25) is 5.91 Å². The number of amides is 1. The van der Waals surface area contributed by atoms with Crippen LogP contribution in [-0.2, 0) is 4.79 Å². The lowest BCUT2D eigenvalue weighted by Gasteiger charge is -2.10. The van der Waals surface area contributed by atoms with Crippen LogP contribution in [0.2, 0.25) is 0 Å². The Labute approximate surface area is 114 Å². The van der Waals surface area contributed by atoms with Crippen LogP contribution in [0.1, 0.15) is 0 Å². The van der Waals surface area contributed by atoms with E-state index in [2.05, 4.69) is 10.3 Å². The van der Waals surface area contributed by atoms with Crippen LogP contribution in [0, 0.1) is 0 Å². The highest BCUT2D eigenvalue weighted by Crippen LogP contribution is 2.26. The normalized spacial score (nSPS) is 10.2. The Morgan fingerprint density at radius 3 is 3.11 bits per heavy atom. The molecule has 1 aromatic heterocycles. The van der Waals surface area contributed by atoms with Gasteiger partial charge in [-0.3, -0.25) is 4.79 Å². The third kappa shape index (κ3) is 3.65. The van der Waals surface area contributed by atoms with Crippen molar-refractivity contribution in [1.29, 1.82) is 0 Å². The van der Waals surface area contributed by atoms with Crippen molar-refractivity contribution in [2.75, 3.05) is 23.9 Å². The fraction of sp³-hybridized carbons (Fsp3) is 0.167. The third-order valence-corrected chi connectivity index (χ3v) is 3.09. The molecule has 0 atom stereocenters. The first-order chi connectivity index (χ1) is 9.19. The maximum absolute atomic E-state index is 11.8. The number of benzene rings is 1. The molecule has 19 heavy (non-hydrogen) atoms. The molecule has 0 spiro atoms. The van der Waals surface area contributed by atoms with Gasteiger partial charge in [-0.1, -0.05) is 11.8 Å². The standard InChI is InChI=1S/C12H13N3O3S/c1-17-10-3-2-8(13)6-9(10)15-11(16)7-19-12-14-4-5-18-12/h2-6H,7,13H2,1H3,(H,15,16). The first-order valence-corrected chi connectivity index (χ1v) is 6.43. The van der Waals surface area contributed by atoms with Crippen molar-refractivity contribution in [2.45, 2.75) is 5.22 Å². The lowest BCUT2D eigenvalue weighted by molar-refractivity contribution is -0.113. The van der Waals surface area contributed by atoms with Crippen molar-refractivity contribution in [3.63, 3.8) is 0 Å². The second-order valence-corrected chi connectivity index (χ2v) is 4.52. The number of anilines is 2. The van der Waals surface area contributed by atoms with Crippen molar-refractivity contribution in [2.24, 2.45) is 0 Å². The molecule has 0 unspecified atom stereocenters. The van der Waals surface area contributed by atoms with Crippen LogP contribution < -0.4 is 15.8 Å². The number of rotatable bonds is 5. The molecular weight excluding hydrogens is 266 g/mol. The van der Waals surface area contributed by atoms with Gasteiger partial charge < -0.3 is 20.2 Å². The van der Waals surface area contributed by atoms with Gasteiger partial charge in [-0.2, -0.15) is 0 Å². The number of thioether (sulfide) groups is 1. The molecule has 1 aromatic carbocycles. The predicted molar refractivity (Wildman–Crippen MR) is 73.3 cm³/mol. The Hall–Kier alpha value is -2.15. The summed E-state index contributed by atoms with van der Waals surface area (Å²) in [6, 6.07) is 5.05. The molecule has 3 N–H and O–H groups in total. The molecule has 2 aromatic rings. The molecule has 0 aliphatic rings. The second kappa shape index (κ2) is 6.14. The fourth-order valence-corrected chi connectivity index (χ4v) is 2.00. The Bertz CT molecular complexity index is 557. The second-order valence-electron chi connectivity index (χ2n) is 3.59. The van der Waals surface area contributed by atoms with Gasteiger partial charge >= 0.3 is 0 Å². The molecule has 100 valence electrons. The maximum Gasteiger partial charge on any atom is 0.256 e. The molecule has 0 radical (unpaired) electrons. The SMILES string of the molecule is COc1ccc(N)cc1NC(=O)CSc1ncco1. The molecule has 2 rings (SSSR count). The zero-order chi connectivity index (χ0) is 13.7. The summed E-state index contributed by atoms with van der Waals surface area (Å²) in [5, 5.41) is 3.18. The molecule has 6 nitrogen and oxygen atoms in total. The van der Waals surface area contributed by atoms with E-state index in [-0.39, 0.29) is 11.7 Å². The third-order valence-electron chi connectivity index (χ3n) is 2.23. The van der Waals surface area contributed by atoms with Crippen LogP contribution in [0.5, 0.6) is 5.75 Å². The molecule has 1 heterocycles. The number of hydrogen-bond acceptors (Lipinski definition) is 6. The van der Waals surface area contributed by atoms with E-state index in [4.69, 9.17) is 14.9 Å². The van der Waals surface area contributed by atoms with Crippen LogP contribution in [0.3, 0.4) is 0 Å². The first kappa shape index (κ1) is 13.3. The molecule has 0 aliphatic heterocycles. The van der Waals surface area contributed by atoms with Crippen LogP contribution in [0.25, 0.3) is 0 Å². The highest BCUT2D eigenvalue weighted by molar-refractivity contribution is 7.99. The molecule has 0 saturated carbocycles. The zero-order valence-corrected chi connectivity index (χ0v) is 11.1. The smallest absolute Gasteiger partial charge is 0.256 e. The van der Waals surface area contributed by atoms with Crippen LogP contribution in [0.4, 0.5) is 11.4 Å². The summed E-state index contributed by atoms with van der Waals surface area (Å²) in [5.41, 5.74) is 6.77. The Morgan fingerprint density at radius 2 is 2.42 bits per heavy atom. The van der Waals surface area contributed by atoms with Crippen LogP contribution in [0.15, 0.2) is 40.3 Å². The summed E-state index contributed by atoms with van der Waals surface area (Å²) >= 11 is 1.21.